The second-order valence-electron chi connectivity index (χ2n) is 9.49. The summed E-state index contributed by atoms with van der Waals surface area (Å²) in [4.78, 5) is 19.1. The normalized spacial score (nSPS) is 24.2. The Bertz CT molecular complexity index is 1260. The second kappa shape index (κ2) is 8.26. The maximum atomic E-state index is 14.2. The van der Waals surface area contributed by atoms with E-state index in [1.54, 1.807) is 5.01 Å². The fourth-order valence-corrected chi connectivity index (χ4v) is 6.03. The van der Waals surface area contributed by atoms with E-state index < -0.39 is 5.41 Å². The number of halogens is 1. The van der Waals surface area contributed by atoms with Gasteiger partial charge in [0.15, 0.2) is 0 Å². The number of benzene rings is 3. The lowest BCUT2D eigenvalue weighted by Gasteiger charge is -2.53. The van der Waals surface area contributed by atoms with Crippen LogP contribution in [0.2, 0.25) is 5.02 Å². The summed E-state index contributed by atoms with van der Waals surface area (Å²) in [5.41, 5.74) is 4.61. The van der Waals surface area contributed by atoms with Gasteiger partial charge in [0, 0.05) is 36.9 Å². The standard InChI is InChI=1S/C28H27ClN4O/c1-20-28(27(34)33(30-20)24-10-6-3-7-11-24)17-22-12-13-23(29)16-25(22)32-15-14-31(19-26(28)32)18-21-8-4-2-5-9-21/h2-13,16,26H,14-15,17-19H2,1H3/t26-,28+/m0/s1. The molecule has 6 rings (SSSR count). The molecule has 0 radical (unpaired) electrons. The molecule has 3 aliphatic heterocycles. The monoisotopic (exact) mass is 470 g/mol. The van der Waals surface area contributed by atoms with Crippen LogP contribution in [-0.2, 0) is 17.8 Å². The molecular weight excluding hydrogens is 444 g/mol. The number of carbonyl (C=O) groups excluding carboxylic acids is 1. The number of piperazine rings is 1. The van der Waals surface area contributed by atoms with Gasteiger partial charge in [-0.05, 0) is 48.7 Å². The Kier molecular flexibility index (Phi) is 5.19. The zero-order valence-electron chi connectivity index (χ0n) is 19.2. The van der Waals surface area contributed by atoms with Crippen molar-refractivity contribution in [3.8, 4) is 0 Å². The maximum absolute atomic E-state index is 14.2. The summed E-state index contributed by atoms with van der Waals surface area (Å²) >= 11 is 6.42. The molecule has 0 bridgehead atoms. The largest absolute Gasteiger partial charge is 0.364 e. The van der Waals surface area contributed by atoms with E-state index in [9.17, 15) is 4.79 Å². The number of carbonyl (C=O) groups is 1. The van der Waals surface area contributed by atoms with Gasteiger partial charge in [0.2, 0.25) is 0 Å². The summed E-state index contributed by atoms with van der Waals surface area (Å²) in [6.07, 6.45) is 0.636. The maximum Gasteiger partial charge on any atom is 0.261 e. The summed E-state index contributed by atoms with van der Waals surface area (Å²) in [7, 11) is 0. The van der Waals surface area contributed by atoms with Crippen molar-refractivity contribution in [1.29, 1.82) is 0 Å². The van der Waals surface area contributed by atoms with Gasteiger partial charge < -0.3 is 4.90 Å². The van der Waals surface area contributed by atoms with Gasteiger partial charge in [-0.1, -0.05) is 66.2 Å². The summed E-state index contributed by atoms with van der Waals surface area (Å²) in [6, 6.07) is 26.4. The molecule has 1 spiro atoms. The van der Waals surface area contributed by atoms with Crippen molar-refractivity contribution in [3.05, 3.63) is 95.0 Å². The molecular formula is C28H27ClN4O. The number of para-hydroxylation sites is 1. The third kappa shape index (κ3) is 3.34. The lowest BCUT2D eigenvalue weighted by Crippen LogP contribution is -2.66. The molecule has 6 heteroatoms. The van der Waals surface area contributed by atoms with Crippen molar-refractivity contribution < 1.29 is 4.79 Å². The van der Waals surface area contributed by atoms with E-state index in [0.29, 0.717) is 6.42 Å². The first kappa shape index (κ1) is 21.4. The quantitative estimate of drug-likeness (QED) is 0.541. The van der Waals surface area contributed by atoms with E-state index in [1.807, 2.05) is 49.4 Å². The fraction of sp³-hybridized carbons (Fsp3) is 0.286. The first-order valence-electron chi connectivity index (χ1n) is 11.8. The van der Waals surface area contributed by atoms with E-state index in [0.717, 1.165) is 53.9 Å². The predicted octanol–water partition coefficient (Wildman–Crippen LogP) is 5.00. The molecule has 3 aliphatic rings. The van der Waals surface area contributed by atoms with Crippen LogP contribution in [0.3, 0.4) is 0 Å². The molecule has 0 aliphatic carbocycles. The van der Waals surface area contributed by atoms with Crippen molar-refractivity contribution in [2.45, 2.75) is 25.9 Å². The molecule has 2 atom stereocenters. The molecule has 5 nitrogen and oxygen atoms in total. The summed E-state index contributed by atoms with van der Waals surface area (Å²) < 4.78 is 0. The van der Waals surface area contributed by atoms with E-state index in [-0.39, 0.29) is 11.9 Å². The molecule has 0 aromatic heterocycles. The van der Waals surface area contributed by atoms with Gasteiger partial charge in [-0.2, -0.15) is 10.1 Å². The molecule has 1 amide bonds. The van der Waals surface area contributed by atoms with Crippen LogP contribution in [0.1, 0.15) is 18.1 Å². The number of fused-ring (bicyclic) bond motifs is 4. The van der Waals surface area contributed by atoms with Crippen LogP contribution >= 0.6 is 11.6 Å². The van der Waals surface area contributed by atoms with Gasteiger partial charge in [-0.25, -0.2) is 0 Å². The predicted molar refractivity (Wildman–Crippen MR) is 137 cm³/mol. The van der Waals surface area contributed by atoms with Crippen molar-refractivity contribution in [3.63, 3.8) is 0 Å². The summed E-state index contributed by atoms with van der Waals surface area (Å²) in [6.45, 7) is 5.47. The number of amides is 1. The first-order valence-corrected chi connectivity index (χ1v) is 12.2. The Morgan fingerprint density at radius 3 is 2.50 bits per heavy atom. The third-order valence-electron chi connectivity index (χ3n) is 7.58. The highest BCUT2D eigenvalue weighted by atomic mass is 35.5. The van der Waals surface area contributed by atoms with Crippen LogP contribution in [0, 0.1) is 5.41 Å². The minimum Gasteiger partial charge on any atom is -0.364 e. The van der Waals surface area contributed by atoms with Crippen molar-refractivity contribution in [2.24, 2.45) is 10.5 Å². The lowest BCUT2D eigenvalue weighted by molar-refractivity contribution is -0.125. The topological polar surface area (TPSA) is 39.2 Å². The molecule has 172 valence electrons. The van der Waals surface area contributed by atoms with Crippen LogP contribution in [0.15, 0.2) is 84.0 Å². The molecule has 3 aromatic carbocycles. The minimum absolute atomic E-state index is 0.0131. The highest BCUT2D eigenvalue weighted by molar-refractivity contribution is 6.31. The lowest BCUT2D eigenvalue weighted by atomic mass is 9.67. The highest BCUT2D eigenvalue weighted by Gasteiger charge is 2.59. The SMILES string of the molecule is CC1=NN(c2ccccc2)C(=O)[C@]12Cc1ccc(Cl)cc1N1CCN(Cc3ccccc3)C[C@H]12. The van der Waals surface area contributed by atoms with Gasteiger partial charge in [-0.15, -0.1) is 0 Å². The van der Waals surface area contributed by atoms with Crippen LogP contribution in [0.5, 0.6) is 0 Å². The molecule has 0 N–H and O–H groups in total. The number of hydrazone groups is 1. The molecule has 1 saturated heterocycles. The van der Waals surface area contributed by atoms with Gasteiger partial charge >= 0.3 is 0 Å². The average molecular weight is 471 g/mol. The van der Waals surface area contributed by atoms with E-state index in [1.165, 1.54) is 5.56 Å². The van der Waals surface area contributed by atoms with E-state index in [4.69, 9.17) is 16.7 Å². The smallest absolute Gasteiger partial charge is 0.261 e. The Morgan fingerprint density at radius 1 is 1.00 bits per heavy atom. The van der Waals surface area contributed by atoms with E-state index in [2.05, 4.69) is 46.2 Å². The Hall–Kier alpha value is -3.15. The Labute approximate surface area is 205 Å². The van der Waals surface area contributed by atoms with Gasteiger partial charge in [-0.3, -0.25) is 9.69 Å². The Morgan fingerprint density at radius 2 is 1.74 bits per heavy atom. The highest BCUT2D eigenvalue weighted by Crippen LogP contribution is 2.48. The summed E-state index contributed by atoms with van der Waals surface area (Å²) in [5, 5.41) is 7.18. The van der Waals surface area contributed by atoms with Gasteiger partial charge in [0.05, 0.1) is 17.4 Å². The average Bonchev–Trinajstić information content (AvgIpc) is 3.11. The number of hydrogen-bond donors (Lipinski definition) is 0. The zero-order chi connectivity index (χ0) is 23.3. The van der Waals surface area contributed by atoms with Crippen LogP contribution in [0.4, 0.5) is 11.4 Å². The van der Waals surface area contributed by atoms with Crippen LogP contribution < -0.4 is 9.91 Å². The number of rotatable bonds is 3. The number of hydrogen-bond acceptors (Lipinski definition) is 4. The molecule has 3 heterocycles. The number of nitrogens with zero attached hydrogens (tertiary/aromatic N) is 4. The molecule has 3 aromatic rings. The number of anilines is 2. The van der Waals surface area contributed by atoms with Gasteiger partial charge in [0.25, 0.3) is 5.91 Å². The van der Waals surface area contributed by atoms with Crippen molar-refractivity contribution >= 4 is 34.6 Å². The molecule has 0 unspecified atom stereocenters. The third-order valence-corrected chi connectivity index (χ3v) is 7.81. The summed E-state index contributed by atoms with van der Waals surface area (Å²) in [5.74, 6) is 0.0633. The van der Waals surface area contributed by atoms with Crippen molar-refractivity contribution in [2.75, 3.05) is 29.5 Å². The second-order valence-corrected chi connectivity index (χ2v) is 9.93. The van der Waals surface area contributed by atoms with Crippen LogP contribution in [-0.4, -0.2) is 42.2 Å². The molecule has 1 fully saturated rings. The zero-order valence-corrected chi connectivity index (χ0v) is 19.9. The van der Waals surface area contributed by atoms with Crippen molar-refractivity contribution in [1.82, 2.24) is 4.90 Å². The van der Waals surface area contributed by atoms with Gasteiger partial charge in [0.1, 0.15) is 5.41 Å². The molecule has 0 saturated carbocycles. The fourth-order valence-electron chi connectivity index (χ4n) is 5.87. The first-order chi connectivity index (χ1) is 16.6. The minimum atomic E-state index is -0.702. The molecule has 34 heavy (non-hydrogen) atoms. The van der Waals surface area contributed by atoms with E-state index >= 15 is 0 Å². The Balaban J connectivity index is 1.41. The van der Waals surface area contributed by atoms with Crippen LogP contribution in [0.25, 0.3) is 0 Å².